The first-order valence-electron chi connectivity index (χ1n) is 11.4. The molecule has 0 spiro atoms. The maximum atomic E-state index is 6.41. The molecule has 0 bridgehead atoms. The van der Waals surface area contributed by atoms with Gasteiger partial charge in [0.05, 0.1) is 5.54 Å². The monoisotopic (exact) mass is 454 g/mol. The quantitative estimate of drug-likeness (QED) is 0.366. The van der Waals surface area contributed by atoms with Crippen LogP contribution in [0.5, 0.6) is 0 Å². The van der Waals surface area contributed by atoms with E-state index in [4.69, 9.17) is 11.6 Å². The molecule has 5 heteroatoms. The summed E-state index contributed by atoms with van der Waals surface area (Å²) in [6.07, 6.45) is 3.35. The third-order valence-electron chi connectivity index (χ3n) is 6.58. The van der Waals surface area contributed by atoms with E-state index in [0.717, 1.165) is 25.5 Å². The number of aromatic nitrogens is 2. The third-order valence-corrected chi connectivity index (χ3v) is 6.85. The van der Waals surface area contributed by atoms with Crippen molar-refractivity contribution in [3.8, 4) is 0 Å². The summed E-state index contributed by atoms with van der Waals surface area (Å²) in [4.78, 5) is 13.7. The van der Waals surface area contributed by atoms with Crippen molar-refractivity contribution in [2.75, 3.05) is 24.5 Å². The minimum Gasteiger partial charge on any atom is -0.349 e. The van der Waals surface area contributed by atoms with E-state index in [0.29, 0.717) is 5.15 Å². The van der Waals surface area contributed by atoms with Crippen LogP contribution in [0.15, 0.2) is 103 Å². The summed E-state index contributed by atoms with van der Waals surface area (Å²) in [7, 11) is 0. The van der Waals surface area contributed by atoms with Crippen LogP contribution in [0.3, 0.4) is 0 Å². The van der Waals surface area contributed by atoms with Gasteiger partial charge in [0, 0.05) is 38.1 Å². The van der Waals surface area contributed by atoms with Crippen LogP contribution >= 0.6 is 11.6 Å². The molecule has 0 radical (unpaired) electrons. The number of hydrogen-bond acceptors (Lipinski definition) is 4. The molecular weight excluding hydrogens is 428 g/mol. The SMILES string of the molecule is C[C@@H]1CN(C(c2ccccc2)(c2ccccc2)c2ccccc2)CCN1c1nccnc1Cl. The van der Waals surface area contributed by atoms with E-state index in [2.05, 4.69) is 118 Å². The highest BCUT2D eigenvalue weighted by molar-refractivity contribution is 6.31. The zero-order chi connectivity index (χ0) is 22.7. The molecule has 0 N–H and O–H groups in total. The Morgan fingerprint density at radius 3 is 1.67 bits per heavy atom. The lowest BCUT2D eigenvalue weighted by Crippen LogP contribution is -2.60. The van der Waals surface area contributed by atoms with Crippen molar-refractivity contribution < 1.29 is 0 Å². The van der Waals surface area contributed by atoms with E-state index < -0.39 is 5.54 Å². The fourth-order valence-corrected chi connectivity index (χ4v) is 5.38. The molecule has 2 heterocycles. The van der Waals surface area contributed by atoms with E-state index in [1.165, 1.54) is 16.7 Å². The molecule has 0 saturated carbocycles. The molecule has 4 aromatic rings. The third kappa shape index (κ3) is 3.90. The molecule has 1 fully saturated rings. The number of rotatable bonds is 5. The second kappa shape index (κ2) is 9.34. The number of nitrogens with zero attached hydrogens (tertiary/aromatic N) is 4. The molecule has 1 aromatic heterocycles. The van der Waals surface area contributed by atoms with Crippen LogP contribution in [-0.4, -0.2) is 40.5 Å². The van der Waals surface area contributed by atoms with Crippen LogP contribution in [0.4, 0.5) is 5.82 Å². The molecule has 1 saturated heterocycles. The first kappa shape index (κ1) is 21.6. The zero-order valence-electron chi connectivity index (χ0n) is 18.7. The predicted octanol–water partition coefficient (Wildman–Crippen LogP) is 5.63. The van der Waals surface area contributed by atoms with E-state index in [-0.39, 0.29) is 6.04 Å². The molecule has 166 valence electrons. The van der Waals surface area contributed by atoms with E-state index in [1.807, 2.05) is 0 Å². The summed E-state index contributed by atoms with van der Waals surface area (Å²) >= 11 is 6.41. The first-order chi connectivity index (χ1) is 16.2. The number of benzene rings is 3. The van der Waals surface area contributed by atoms with Gasteiger partial charge < -0.3 is 4.90 Å². The smallest absolute Gasteiger partial charge is 0.171 e. The van der Waals surface area contributed by atoms with Gasteiger partial charge in [0.1, 0.15) is 0 Å². The number of piperazine rings is 1. The number of anilines is 1. The average molecular weight is 455 g/mol. The van der Waals surface area contributed by atoms with Crippen molar-refractivity contribution in [1.82, 2.24) is 14.9 Å². The predicted molar refractivity (Wildman–Crippen MR) is 135 cm³/mol. The Morgan fingerprint density at radius 2 is 1.21 bits per heavy atom. The topological polar surface area (TPSA) is 32.3 Å². The standard InChI is InChI=1S/C28H27ClN4/c1-22-21-32(19-20-33(22)27-26(29)30-17-18-31-27)28(23-11-5-2-6-12-23,24-13-7-3-8-14-24)25-15-9-4-10-16-25/h2-18,22H,19-21H2,1H3/t22-/m1/s1. The fraction of sp³-hybridized carbons (Fsp3) is 0.214. The molecule has 0 aliphatic carbocycles. The lowest BCUT2D eigenvalue weighted by Gasteiger charge is -2.51. The second-order valence-electron chi connectivity index (χ2n) is 8.47. The van der Waals surface area contributed by atoms with Crippen molar-refractivity contribution in [3.63, 3.8) is 0 Å². The fourth-order valence-electron chi connectivity index (χ4n) is 5.17. The Bertz CT molecular complexity index is 1090. The molecule has 5 rings (SSSR count). The molecule has 0 amide bonds. The van der Waals surface area contributed by atoms with Gasteiger partial charge in [-0.2, -0.15) is 0 Å². The highest BCUT2D eigenvalue weighted by atomic mass is 35.5. The summed E-state index contributed by atoms with van der Waals surface area (Å²) < 4.78 is 0. The van der Waals surface area contributed by atoms with Crippen LogP contribution in [0.2, 0.25) is 5.15 Å². The van der Waals surface area contributed by atoms with Gasteiger partial charge in [-0.05, 0) is 23.6 Å². The number of halogens is 1. The van der Waals surface area contributed by atoms with Crippen molar-refractivity contribution in [1.29, 1.82) is 0 Å². The molecule has 0 unspecified atom stereocenters. The molecule has 4 nitrogen and oxygen atoms in total. The van der Waals surface area contributed by atoms with E-state index in [9.17, 15) is 0 Å². The Morgan fingerprint density at radius 1 is 0.727 bits per heavy atom. The minimum absolute atomic E-state index is 0.212. The molecule has 33 heavy (non-hydrogen) atoms. The molecule has 1 atom stereocenters. The summed E-state index contributed by atoms with van der Waals surface area (Å²) in [6, 6.07) is 32.7. The van der Waals surface area contributed by atoms with E-state index >= 15 is 0 Å². The van der Waals surface area contributed by atoms with E-state index in [1.54, 1.807) is 12.4 Å². The maximum absolute atomic E-state index is 6.41. The lowest BCUT2D eigenvalue weighted by atomic mass is 9.75. The average Bonchev–Trinajstić information content (AvgIpc) is 2.87. The Kier molecular flexibility index (Phi) is 6.12. The van der Waals surface area contributed by atoms with Crippen molar-refractivity contribution in [2.24, 2.45) is 0 Å². The molecule has 3 aromatic carbocycles. The number of hydrogen-bond donors (Lipinski definition) is 0. The van der Waals surface area contributed by atoms with Crippen molar-refractivity contribution in [3.05, 3.63) is 125 Å². The molecular formula is C28H27ClN4. The van der Waals surface area contributed by atoms with Gasteiger partial charge in [-0.25, -0.2) is 9.97 Å². The summed E-state index contributed by atoms with van der Waals surface area (Å²) in [5.74, 6) is 0.760. The summed E-state index contributed by atoms with van der Waals surface area (Å²) in [5.41, 5.74) is 3.39. The van der Waals surface area contributed by atoms with Gasteiger partial charge >= 0.3 is 0 Å². The minimum atomic E-state index is -0.406. The van der Waals surface area contributed by atoms with Crippen LogP contribution < -0.4 is 4.90 Å². The van der Waals surface area contributed by atoms with Crippen LogP contribution in [0.1, 0.15) is 23.6 Å². The summed E-state index contributed by atoms with van der Waals surface area (Å²) in [6.45, 7) is 4.76. The maximum Gasteiger partial charge on any atom is 0.171 e. The molecule has 1 aliphatic rings. The van der Waals surface area contributed by atoms with Crippen LogP contribution in [0, 0.1) is 0 Å². The van der Waals surface area contributed by atoms with Crippen LogP contribution in [-0.2, 0) is 5.54 Å². The normalized spacial score (nSPS) is 17.2. The Balaban J connectivity index is 1.64. The highest BCUT2D eigenvalue weighted by Gasteiger charge is 2.44. The largest absolute Gasteiger partial charge is 0.349 e. The molecule has 1 aliphatic heterocycles. The second-order valence-corrected chi connectivity index (χ2v) is 8.83. The van der Waals surface area contributed by atoms with Gasteiger partial charge in [-0.15, -0.1) is 0 Å². The van der Waals surface area contributed by atoms with Gasteiger partial charge in [-0.1, -0.05) is 103 Å². The van der Waals surface area contributed by atoms with Gasteiger partial charge in [0.25, 0.3) is 0 Å². The van der Waals surface area contributed by atoms with Gasteiger partial charge in [-0.3, -0.25) is 4.90 Å². The highest BCUT2D eigenvalue weighted by Crippen LogP contribution is 2.43. The zero-order valence-corrected chi connectivity index (χ0v) is 19.4. The van der Waals surface area contributed by atoms with Gasteiger partial charge in [0.15, 0.2) is 11.0 Å². The first-order valence-corrected chi connectivity index (χ1v) is 11.7. The lowest BCUT2D eigenvalue weighted by molar-refractivity contribution is 0.128. The Hall–Kier alpha value is -3.21. The summed E-state index contributed by atoms with van der Waals surface area (Å²) in [5, 5.41) is 0.457. The Labute approximate surface area is 200 Å². The van der Waals surface area contributed by atoms with Crippen molar-refractivity contribution in [2.45, 2.75) is 18.5 Å². The van der Waals surface area contributed by atoms with Gasteiger partial charge in [0.2, 0.25) is 0 Å². The van der Waals surface area contributed by atoms with Crippen LogP contribution in [0.25, 0.3) is 0 Å². The van der Waals surface area contributed by atoms with Crippen molar-refractivity contribution >= 4 is 17.4 Å².